The van der Waals surface area contributed by atoms with Gasteiger partial charge in [-0.3, -0.25) is 19.2 Å². The van der Waals surface area contributed by atoms with Crippen molar-refractivity contribution in [1.29, 1.82) is 0 Å². The average Bonchev–Trinajstić information content (AvgIpc) is 2.10. The highest BCUT2D eigenvalue weighted by atomic mass is 16.4. The number of carboxylic acid groups (broad SMARTS) is 2. The van der Waals surface area contributed by atoms with Crippen molar-refractivity contribution in [2.24, 2.45) is 5.41 Å². The van der Waals surface area contributed by atoms with Crippen LogP contribution in [-0.2, 0) is 19.2 Å². The highest BCUT2D eigenvalue weighted by molar-refractivity contribution is 6.07. The fourth-order valence-electron chi connectivity index (χ4n) is 1.52. The zero-order valence-corrected chi connectivity index (χ0v) is 9.15. The van der Waals surface area contributed by atoms with Crippen LogP contribution in [0.1, 0.15) is 33.1 Å². The predicted octanol–water partition coefficient (Wildman–Crippen LogP) is 0.490. The summed E-state index contributed by atoms with van der Waals surface area (Å²) in [7, 11) is 0. The Bertz CT molecular complexity index is 316. The topological polar surface area (TPSA) is 109 Å². The number of carboxylic acids is 2. The van der Waals surface area contributed by atoms with Gasteiger partial charge in [0.1, 0.15) is 11.6 Å². The lowest BCUT2D eigenvalue weighted by Crippen LogP contribution is -2.39. The van der Waals surface area contributed by atoms with Crippen molar-refractivity contribution >= 4 is 23.5 Å². The quantitative estimate of drug-likeness (QED) is 0.616. The Morgan fingerprint density at radius 3 is 1.62 bits per heavy atom. The molecule has 2 N–H and O–H groups in total. The summed E-state index contributed by atoms with van der Waals surface area (Å²) in [5, 5.41) is 17.2. The van der Waals surface area contributed by atoms with E-state index in [-0.39, 0.29) is 6.42 Å². The molecule has 0 saturated heterocycles. The van der Waals surface area contributed by atoms with Gasteiger partial charge >= 0.3 is 11.9 Å². The Balaban J connectivity index is 5.09. The van der Waals surface area contributed by atoms with E-state index < -0.39 is 41.8 Å². The van der Waals surface area contributed by atoms with Crippen LogP contribution in [0.3, 0.4) is 0 Å². The Hall–Kier alpha value is -1.72. The van der Waals surface area contributed by atoms with Gasteiger partial charge in [-0.15, -0.1) is 0 Å². The van der Waals surface area contributed by atoms with Crippen LogP contribution in [0.15, 0.2) is 0 Å². The summed E-state index contributed by atoms with van der Waals surface area (Å²) in [6.45, 7) is 2.21. The third kappa shape index (κ3) is 3.45. The standard InChI is InChI=1S/C10H14O6/c1-6(11)10(7(2)12,5-9(15)16)4-3-8(13)14/h3-5H2,1-2H3,(H,13,14)(H,15,16). The number of aliphatic carboxylic acids is 2. The van der Waals surface area contributed by atoms with Crippen LogP contribution in [0.25, 0.3) is 0 Å². The molecule has 0 aliphatic carbocycles. The summed E-state index contributed by atoms with van der Waals surface area (Å²) < 4.78 is 0. The Morgan fingerprint density at radius 2 is 1.38 bits per heavy atom. The van der Waals surface area contributed by atoms with Crippen LogP contribution in [0, 0.1) is 5.41 Å². The third-order valence-electron chi connectivity index (χ3n) is 2.57. The molecule has 0 heterocycles. The van der Waals surface area contributed by atoms with E-state index in [4.69, 9.17) is 10.2 Å². The number of ketones is 2. The van der Waals surface area contributed by atoms with Crippen molar-refractivity contribution in [3.8, 4) is 0 Å². The third-order valence-corrected chi connectivity index (χ3v) is 2.57. The maximum absolute atomic E-state index is 11.4. The van der Waals surface area contributed by atoms with E-state index in [0.29, 0.717) is 0 Å². The highest BCUT2D eigenvalue weighted by Crippen LogP contribution is 2.31. The molecule has 16 heavy (non-hydrogen) atoms. The fraction of sp³-hybridized carbons (Fsp3) is 0.600. The molecule has 6 nitrogen and oxygen atoms in total. The van der Waals surface area contributed by atoms with Crippen molar-refractivity contribution in [1.82, 2.24) is 0 Å². The maximum atomic E-state index is 11.4. The van der Waals surface area contributed by atoms with Gasteiger partial charge in [-0.25, -0.2) is 0 Å². The number of carbonyl (C=O) groups excluding carboxylic acids is 2. The smallest absolute Gasteiger partial charge is 0.304 e. The zero-order chi connectivity index (χ0) is 12.9. The van der Waals surface area contributed by atoms with Gasteiger partial charge in [-0.1, -0.05) is 0 Å². The Morgan fingerprint density at radius 1 is 0.938 bits per heavy atom. The van der Waals surface area contributed by atoms with E-state index in [9.17, 15) is 19.2 Å². The molecule has 0 aromatic heterocycles. The molecule has 0 rings (SSSR count). The predicted molar refractivity (Wildman–Crippen MR) is 52.9 cm³/mol. The van der Waals surface area contributed by atoms with Crippen LogP contribution in [0.2, 0.25) is 0 Å². The molecule has 0 radical (unpaired) electrons. The van der Waals surface area contributed by atoms with Crippen LogP contribution >= 0.6 is 0 Å². The van der Waals surface area contributed by atoms with E-state index >= 15 is 0 Å². The lowest BCUT2D eigenvalue weighted by Gasteiger charge is -2.25. The van der Waals surface area contributed by atoms with Crippen molar-refractivity contribution in [2.75, 3.05) is 0 Å². The minimum absolute atomic E-state index is 0.278. The van der Waals surface area contributed by atoms with E-state index in [1.54, 1.807) is 0 Å². The molecule has 90 valence electrons. The highest BCUT2D eigenvalue weighted by Gasteiger charge is 2.42. The molecule has 0 aromatic rings. The largest absolute Gasteiger partial charge is 0.481 e. The number of Topliss-reactive ketones (excluding diaryl/α,β-unsaturated/α-hetero) is 2. The van der Waals surface area contributed by atoms with E-state index in [2.05, 4.69) is 0 Å². The molecule has 0 amide bonds. The van der Waals surface area contributed by atoms with Gasteiger partial charge in [0.15, 0.2) is 0 Å². The number of rotatable bonds is 7. The monoisotopic (exact) mass is 230 g/mol. The number of hydrogen-bond acceptors (Lipinski definition) is 4. The minimum atomic E-state index is -1.70. The molecule has 0 unspecified atom stereocenters. The van der Waals surface area contributed by atoms with Crippen molar-refractivity contribution in [3.05, 3.63) is 0 Å². The van der Waals surface area contributed by atoms with Gasteiger partial charge < -0.3 is 10.2 Å². The first kappa shape index (κ1) is 14.3. The van der Waals surface area contributed by atoms with Crippen molar-refractivity contribution in [3.63, 3.8) is 0 Å². The first-order valence-corrected chi connectivity index (χ1v) is 4.68. The number of hydrogen-bond donors (Lipinski definition) is 2. The lowest BCUT2D eigenvalue weighted by atomic mass is 9.73. The number of carbonyl (C=O) groups is 4. The summed E-state index contributed by atoms with van der Waals surface area (Å²) in [5.74, 6) is -3.68. The Kier molecular flexibility index (Phi) is 4.81. The molecular weight excluding hydrogens is 216 g/mol. The molecule has 0 aromatic carbocycles. The summed E-state index contributed by atoms with van der Waals surface area (Å²) in [6, 6.07) is 0. The summed E-state index contributed by atoms with van der Waals surface area (Å²) in [5.41, 5.74) is -1.70. The summed E-state index contributed by atoms with van der Waals surface area (Å²) in [6.07, 6.45) is -1.35. The van der Waals surface area contributed by atoms with Gasteiger partial charge in [0.25, 0.3) is 0 Å². The van der Waals surface area contributed by atoms with Crippen LogP contribution < -0.4 is 0 Å². The lowest BCUT2D eigenvalue weighted by molar-refractivity contribution is -0.151. The summed E-state index contributed by atoms with van der Waals surface area (Å²) in [4.78, 5) is 43.8. The van der Waals surface area contributed by atoms with E-state index in [0.717, 1.165) is 13.8 Å². The van der Waals surface area contributed by atoms with Gasteiger partial charge in [0, 0.05) is 6.42 Å². The molecular formula is C10H14O6. The van der Waals surface area contributed by atoms with Gasteiger partial charge in [-0.2, -0.15) is 0 Å². The molecule has 0 saturated carbocycles. The second-order valence-corrected chi connectivity index (χ2v) is 3.66. The normalized spacial score (nSPS) is 10.9. The van der Waals surface area contributed by atoms with Crippen molar-refractivity contribution < 1.29 is 29.4 Å². The second kappa shape index (κ2) is 5.39. The molecule has 0 bridgehead atoms. The fourth-order valence-corrected chi connectivity index (χ4v) is 1.52. The van der Waals surface area contributed by atoms with Gasteiger partial charge in [0.2, 0.25) is 0 Å². The molecule has 6 heteroatoms. The molecule has 0 fully saturated rings. The maximum Gasteiger partial charge on any atom is 0.304 e. The van der Waals surface area contributed by atoms with Crippen LogP contribution in [0.4, 0.5) is 0 Å². The SMILES string of the molecule is CC(=O)C(CCC(=O)O)(CC(=O)O)C(C)=O. The van der Waals surface area contributed by atoms with Gasteiger partial charge in [0.05, 0.1) is 11.8 Å². The summed E-state index contributed by atoms with van der Waals surface area (Å²) >= 11 is 0. The van der Waals surface area contributed by atoms with Gasteiger partial charge in [-0.05, 0) is 20.3 Å². The second-order valence-electron chi connectivity index (χ2n) is 3.66. The molecule has 0 spiro atoms. The average molecular weight is 230 g/mol. The molecule has 0 aliphatic heterocycles. The first-order valence-electron chi connectivity index (χ1n) is 4.68. The van der Waals surface area contributed by atoms with Crippen molar-refractivity contribution in [2.45, 2.75) is 33.1 Å². The van der Waals surface area contributed by atoms with Crippen LogP contribution in [0.5, 0.6) is 0 Å². The first-order chi connectivity index (χ1) is 7.22. The Labute approximate surface area is 92.3 Å². The zero-order valence-electron chi connectivity index (χ0n) is 9.15. The van der Waals surface area contributed by atoms with E-state index in [1.165, 1.54) is 0 Å². The molecule has 0 aliphatic rings. The van der Waals surface area contributed by atoms with E-state index in [1.807, 2.05) is 0 Å². The van der Waals surface area contributed by atoms with Crippen LogP contribution in [-0.4, -0.2) is 33.7 Å². The minimum Gasteiger partial charge on any atom is -0.481 e. The molecule has 0 atom stereocenters.